The second-order valence-corrected chi connectivity index (χ2v) is 17.9. The van der Waals surface area contributed by atoms with Crippen LogP contribution in [0, 0.1) is 0 Å². The molecule has 0 atom stereocenters. The third-order valence-corrected chi connectivity index (χ3v) is 14.0. The summed E-state index contributed by atoms with van der Waals surface area (Å²) in [4.78, 5) is 51.1. The smallest absolute Gasteiger partial charge is 0.204 e. The Labute approximate surface area is 357 Å². The van der Waals surface area contributed by atoms with Gasteiger partial charge in [0.15, 0.2) is 11.6 Å². The summed E-state index contributed by atoms with van der Waals surface area (Å²) in [6.07, 6.45) is 9.90. The molecule has 6 aromatic heterocycles. The number of hydrogen-bond acceptors (Lipinski definition) is 15. The van der Waals surface area contributed by atoms with Crippen LogP contribution in [-0.2, 0) is 11.2 Å². The quantitative estimate of drug-likeness (QED) is 0.146. The number of ether oxygens (including phenoxy) is 4. The van der Waals surface area contributed by atoms with Crippen LogP contribution in [0.5, 0.6) is 23.0 Å². The highest BCUT2D eigenvalue weighted by molar-refractivity contribution is 7.21. The van der Waals surface area contributed by atoms with E-state index in [1.807, 2.05) is 24.3 Å². The lowest BCUT2D eigenvalue weighted by Crippen LogP contribution is -2.18. The molecule has 6 heterocycles. The minimum Gasteiger partial charge on any atom is -0.495 e. The lowest BCUT2D eigenvalue weighted by Gasteiger charge is -2.13. The van der Waals surface area contributed by atoms with Crippen LogP contribution >= 0.6 is 34.0 Å². The monoisotopic (exact) mass is 863 g/mol. The van der Waals surface area contributed by atoms with Crippen LogP contribution in [0.2, 0.25) is 0 Å². The van der Waals surface area contributed by atoms with Crippen LogP contribution in [0.1, 0.15) is 85.2 Å². The third-order valence-electron chi connectivity index (χ3n) is 9.85. The lowest BCUT2D eigenvalue weighted by molar-refractivity contribution is 0.0819. The first-order valence-electron chi connectivity index (χ1n) is 18.5. The van der Waals surface area contributed by atoms with Gasteiger partial charge in [0.1, 0.15) is 23.0 Å². The second-order valence-electron chi connectivity index (χ2n) is 14.8. The molecular formula is C45H41N3O9S3. The van der Waals surface area contributed by atoms with Crippen LogP contribution in [0.25, 0.3) is 41.7 Å². The molecule has 15 heteroatoms. The second kappa shape index (κ2) is 16.3. The van der Waals surface area contributed by atoms with Crippen molar-refractivity contribution in [3.8, 4) is 23.0 Å². The third kappa shape index (κ3) is 7.47. The zero-order valence-corrected chi connectivity index (χ0v) is 36.7. The number of rotatable bonds is 7. The molecule has 12 nitrogen and oxygen atoms in total. The number of aromatic nitrogens is 3. The average molecular weight is 864 g/mol. The van der Waals surface area contributed by atoms with Gasteiger partial charge in [-0.1, -0.05) is 0 Å². The van der Waals surface area contributed by atoms with Gasteiger partial charge >= 0.3 is 0 Å². The molecule has 1 aliphatic rings. The van der Waals surface area contributed by atoms with Crippen molar-refractivity contribution in [1.82, 2.24) is 15.0 Å². The van der Waals surface area contributed by atoms with E-state index in [0.29, 0.717) is 31.3 Å². The highest BCUT2D eigenvalue weighted by Crippen LogP contribution is 2.48. The van der Waals surface area contributed by atoms with Gasteiger partial charge in [-0.15, -0.1) is 34.0 Å². The summed E-state index contributed by atoms with van der Waals surface area (Å²) < 4.78 is 24.2. The van der Waals surface area contributed by atoms with E-state index in [0.717, 1.165) is 69.6 Å². The Bertz CT molecular complexity index is 2810. The Hall–Kier alpha value is -5.84. The number of benzene rings is 2. The van der Waals surface area contributed by atoms with Crippen LogP contribution in [-0.4, -0.2) is 71.0 Å². The minimum absolute atomic E-state index is 0.0393. The highest BCUT2D eigenvalue weighted by atomic mass is 32.1. The number of pyridine rings is 3. The van der Waals surface area contributed by atoms with Crippen molar-refractivity contribution in [2.45, 2.75) is 45.8 Å². The Morgan fingerprint density at radius 1 is 0.550 bits per heavy atom. The molecule has 60 heavy (non-hydrogen) atoms. The Balaban J connectivity index is 0.000000136. The lowest BCUT2D eigenvalue weighted by atomic mass is 9.90. The number of hydrogen-bond donors (Lipinski definition) is 2. The number of nitrogens with zero attached hydrogens (tertiary/aromatic N) is 3. The number of methoxy groups -OCH3 is 4. The van der Waals surface area contributed by atoms with E-state index in [4.69, 9.17) is 18.9 Å². The fourth-order valence-electron chi connectivity index (χ4n) is 6.93. The van der Waals surface area contributed by atoms with Gasteiger partial charge < -0.3 is 29.2 Å². The Morgan fingerprint density at radius 3 is 1.55 bits per heavy atom. The van der Waals surface area contributed by atoms with E-state index in [1.54, 1.807) is 100.0 Å². The summed E-state index contributed by atoms with van der Waals surface area (Å²) in [6.45, 7) is 8.38. The molecule has 2 aromatic carbocycles. The van der Waals surface area contributed by atoms with Gasteiger partial charge in [0.25, 0.3) is 0 Å². The maximum Gasteiger partial charge on any atom is 0.204 e. The molecule has 0 fully saturated rings. The van der Waals surface area contributed by atoms with Crippen LogP contribution in [0.4, 0.5) is 0 Å². The fraction of sp³-hybridized carbons (Fsp3) is 0.244. The molecule has 0 unspecified atom stereocenters. The molecule has 9 rings (SSSR count). The van der Waals surface area contributed by atoms with E-state index >= 15 is 0 Å². The number of thiophene rings is 3. The van der Waals surface area contributed by atoms with Crippen LogP contribution in [0.15, 0.2) is 73.6 Å². The summed E-state index contributed by atoms with van der Waals surface area (Å²) >= 11 is 4.13. The summed E-state index contributed by atoms with van der Waals surface area (Å²) in [5.41, 5.74) is -0.874. The molecule has 0 bridgehead atoms. The van der Waals surface area contributed by atoms with Gasteiger partial charge in [-0.05, 0) is 71.0 Å². The van der Waals surface area contributed by atoms with Crippen molar-refractivity contribution in [3.63, 3.8) is 0 Å². The van der Waals surface area contributed by atoms with Crippen molar-refractivity contribution in [2.75, 3.05) is 28.4 Å². The number of carbonyl (C=O) groups is 3. The summed E-state index contributed by atoms with van der Waals surface area (Å²) in [7, 11) is 6.56. The number of fused-ring (bicyclic) bond motifs is 6. The van der Waals surface area contributed by atoms with Crippen molar-refractivity contribution in [3.05, 3.63) is 110 Å². The van der Waals surface area contributed by atoms with Gasteiger partial charge in [0.05, 0.1) is 64.4 Å². The maximum atomic E-state index is 12.3. The minimum atomic E-state index is -1.06. The molecule has 308 valence electrons. The highest BCUT2D eigenvalue weighted by Gasteiger charge is 2.34. The largest absolute Gasteiger partial charge is 0.495 e. The van der Waals surface area contributed by atoms with Crippen LogP contribution in [0.3, 0.4) is 0 Å². The summed E-state index contributed by atoms with van der Waals surface area (Å²) in [6, 6.07) is 10.8. The van der Waals surface area contributed by atoms with E-state index in [2.05, 4.69) is 15.0 Å². The topological polar surface area (TPSA) is 167 Å². The molecule has 0 radical (unpaired) electrons. The van der Waals surface area contributed by atoms with E-state index in [-0.39, 0.29) is 17.3 Å². The standard InChI is InChI=1S/C16H17NO3S.C15H13NO3S.C14H11NO3S/c1-16(2,18)12-7-10-13(19-3)11-8-17-6-5-9(11)14(20-4)15(10)21-12;1-8(17)12-6-10-13(18-2)11-7-16-5-4-9(11)14(19-3)15(10)20-12;1-14(2,18)10-5-8-11(16)9-6-15-4-3-7(9)12(17)13(8)19-10/h5-8,18H,1-4H3;4-7H,1-3H3;3-6,18H,1-2H3. The van der Waals surface area contributed by atoms with Gasteiger partial charge in [0, 0.05) is 90.4 Å². The summed E-state index contributed by atoms with van der Waals surface area (Å²) in [5, 5.41) is 25.8. The first-order valence-corrected chi connectivity index (χ1v) is 20.9. The fourth-order valence-corrected chi connectivity index (χ4v) is 10.3. The molecule has 1 aliphatic carbocycles. The van der Waals surface area contributed by atoms with Crippen molar-refractivity contribution in [1.29, 1.82) is 0 Å². The molecule has 2 N–H and O–H groups in total. The first-order chi connectivity index (χ1) is 28.5. The molecule has 0 amide bonds. The predicted molar refractivity (Wildman–Crippen MR) is 236 cm³/mol. The Morgan fingerprint density at radius 2 is 1.03 bits per heavy atom. The number of carbonyl (C=O) groups excluding carboxylic acids is 3. The van der Waals surface area contributed by atoms with Crippen molar-refractivity contribution in [2.24, 2.45) is 0 Å². The van der Waals surface area contributed by atoms with Gasteiger partial charge in [0.2, 0.25) is 5.78 Å². The molecule has 8 aromatic rings. The van der Waals surface area contributed by atoms with Crippen molar-refractivity contribution < 1.29 is 43.5 Å². The molecule has 0 saturated heterocycles. The zero-order chi connectivity index (χ0) is 43.3. The Kier molecular flexibility index (Phi) is 11.5. The van der Waals surface area contributed by atoms with Gasteiger partial charge in [-0.2, -0.15) is 0 Å². The van der Waals surface area contributed by atoms with E-state index < -0.39 is 11.2 Å². The van der Waals surface area contributed by atoms with Crippen molar-refractivity contribution >= 4 is 93.1 Å². The molecule has 0 saturated carbocycles. The van der Waals surface area contributed by atoms with Gasteiger partial charge in [-0.25, -0.2) is 0 Å². The number of aliphatic hydroxyl groups is 2. The molecular weight excluding hydrogens is 823 g/mol. The zero-order valence-electron chi connectivity index (χ0n) is 34.2. The maximum absolute atomic E-state index is 12.3. The first kappa shape index (κ1) is 42.3. The summed E-state index contributed by atoms with van der Waals surface area (Å²) in [5.74, 6) is 2.71. The predicted octanol–water partition coefficient (Wildman–Crippen LogP) is 9.51. The van der Waals surface area contributed by atoms with Gasteiger partial charge in [-0.3, -0.25) is 29.3 Å². The average Bonchev–Trinajstić information content (AvgIpc) is 4.00. The SMILES string of the molecule is CC(C)(O)c1cc2c(s1)C(=O)c1ccncc1C2=O.COc1c2cnccc2c(OC)c2sc(C(C)(C)O)cc12.COc1c2cnccc2c(OC)c2sc(C(C)=O)cc12. The number of ketones is 3. The normalized spacial score (nSPS) is 12.4. The molecule has 0 aliphatic heterocycles. The molecule has 0 spiro atoms. The van der Waals surface area contributed by atoms with E-state index in [1.165, 1.54) is 46.4 Å². The van der Waals surface area contributed by atoms with Crippen LogP contribution < -0.4 is 18.9 Å². The number of Topliss-reactive ketones (excluding diaryl/α,β-unsaturated/α-hetero) is 1. The van der Waals surface area contributed by atoms with E-state index in [9.17, 15) is 24.6 Å².